The minimum absolute atomic E-state index is 0. The minimum Gasteiger partial charge on any atom is -1.00 e. The summed E-state index contributed by atoms with van der Waals surface area (Å²) >= 11 is 6.17. The number of halogens is 2. The zero-order valence-corrected chi connectivity index (χ0v) is 11.0. The van der Waals surface area contributed by atoms with Gasteiger partial charge in [-0.2, -0.15) is 4.57 Å². The molecule has 2 nitrogen and oxygen atoms in total. The molecule has 2 aromatic rings. The molecule has 0 bridgehead atoms. The summed E-state index contributed by atoms with van der Waals surface area (Å²) in [6.07, 6.45) is 3.12. The first-order valence-corrected chi connectivity index (χ1v) is 5.47. The number of rotatable bonds is 0. The van der Waals surface area contributed by atoms with Gasteiger partial charge in [-0.1, -0.05) is 11.6 Å². The smallest absolute Gasteiger partial charge is 0.256 e. The average Bonchev–Trinajstić information content (AvgIpc) is 2.47. The van der Waals surface area contributed by atoms with Gasteiger partial charge in [0.05, 0.1) is 17.0 Å². The van der Waals surface area contributed by atoms with E-state index in [1.807, 2.05) is 24.3 Å². The monoisotopic (exact) mass is 299 g/mol. The third-order valence-corrected chi connectivity index (χ3v) is 3.07. The number of aryl methyl sites for hydroxylation is 1. The van der Waals surface area contributed by atoms with Crippen molar-refractivity contribution in [2.24, 2.45) is 0 Å². The van der Waals surface area contributed by atoms with E-state index in [0.29, 0.717) is 0 Å². The Morgan fingerprint density at radius 1 is 1.25 bits per heavy atom. The zero-order valence-electron chi connectivity index (χ0n) is 8.62. The fraction of sp³-hybridized carbons (Fsp3) is 0.250. The van der Waals surface area contributed by atoms with Crippen LogP contribution in [-0.2, 0) is 6.54 Å². The van der Waals surface area contributed by atoms with Gasteiger partial charge >= 0.3 is 0 Å². The molecule has 0 N–H and O–H groups in total. The molecule has 4 heteroatoms. The Bertz CT molecular complexity index is 517. The summed E-state index contributed by atoms with van der Waals surface area (Å²) in [6.45, 7) is 1.77. The Hall–Kier alpha value is -0.800. The van der Waals surface area contributed by atoms with E-state index in [9.17, 15) is 0 Å². The summed E-state index contributed by atoms with van der Waals surface area (Å²) in [6, 6.07) is 7.91. The van der Waals surface area contributed by atoms with Crippen LogP contribution in [0.15, 0.2) is 30.5 Å². The Kier molecular flexibility index (Phi) is 3.36. The standard InChI is InChI=1S/C12H11ClNO.BrH/c13-10-4-5-11-12-9(10)3-1-6-14(12)7-2-8-15-11;/h1,3-6H,2,7-8H2;1H/q+1;/p-1. The third-order valence-electron chi connectivity index (χ3n) is 2.74. The molecule has 0 unspecified atom stereocenters. The molecule has 1 aliphatic rings. The van der Waals surface area contributed by atoms with Crippen LogP contribution in [-0.4, -0.2) is 6.61 Å². The maximum Gasteiger partial charge on any atom is 0.256 e. The van der Waals surface area contributed by atoms with E-state index in [2.05, 4.69) is 10.8 Å². The van der Waals surface area contributed by atoms with E-state index < -0.39 is 0 Å². The Morgan fingerprint density at radius 2 is 2.12 bits per heavy atom. The molecule has 0 aliphatic carbocycles. The number of nitrogens with zero attached hydrogens (tertiary/aromatic N) is 1. The molecule has 0 radical (unpaired) electrons. The van der Waals surface area contributed by atoms with Gasteiger partial charge in [0.15, 0.2) is 18.5 Å². The highest BCUT2D eigenvalue weighted by molar-refractivity contribution is 6.35. The highest BCUT2D eigenvalue weighted by Gasteiger charge is 2.19. The van der Waals surface area contributed by atoms with Crippen molar-refractivity contribution < 1.29 is 26.3 Å². The molecule has 0 amide bonds. The van der Waals surface area contributed by atoms with Gasteiger partial charge in [-0.15, -0.1) is 0 Å². The summed E-state index contributed by atoms with van der Waals surface area (Å²) in [5.74, 6) is 0.938. The van der Waals surface area contributed by atoms with Gasteiger partial charge in [-0.05, 0) is 18.2 Å². The van der Waals surface area contributed by atoms with Crippen LogP contribution >= 0.6 is 11.6 Å². The van der Waals surface area contributed by atoms with Gasteiger partial charge in [0.25, 0.3) is 5.52 Å². The molecule has 0 saturated heterocycles. The Morgan fingerprint density at radius 3 is 3.00 bits per heavy atom. The molecule has 0 spiro atoms. The van der Waals surface area contributed by atoms with Crippen LogP contribution in [0, 0.1) is 0 Å². The van der Waals surface area contributed by atoms with Crippen LogP contribution in [0.1, 0.15) is 6.42 Å². The van der Waals surface area contributed by atoms with Crippen molar-refractivity contribution in [2.75, 3.05) is 6.61 Å². The quantitative estimate of drug-likeness (QED) is 0.602. The lowest BCUT2D eigenvalue weighted by atomic mass is 10.2. The molecule has 1 aromatic heterocycles. The molecule has 3 rings (SSSR count). The molecule has 16 heavy (non-hydrogen) atoms. The van der Waals surface area contributed by atoms with E-state index in [0.717, 1.165) is 41.2 Å². The van der Waals surface area contributed by atoms with Gasteiger partial charge < -0.3 is 21.7 Å². The number of hydrogen-bond donors (Lipinski definition) is 0. The van der Waals surface area contributed by atoms with Crippen LogP contribution in [0.5, 0.6) is 5.75 Å². The van der Waals surface area contributed by atoms with Crippen molar-refractivity contribution in [3.05, 3.63) is 35.5 Å². The lowest BCUT2D eigenvalue weighted by molar-refractivity contribution is -0.670. The van der Waals surface area contributed by atoms with E-state index in [4.69, 9.17) is 16.3 Å². The zero-order chi connectivity index (χ0) is 10.3. The van der Waals surface area contributed by atoms with Crippen LogP contribution in [0.2, 0.25) is 5.02 Å². The van der Waals surface area contributed by atoms with Crippen molar-refractivity contribution in [1.29, 1.82) is 0 Å². The fourth-order valence-corrected chi connectivity index (χ4v) is 2.27. The first-order chi connectivity index (χ1) is 7.36. The molecule has 1 aromatic carbocycles. The van der Waals surface area contributed by atoms with E-state index in [-0.39, 0.29) is 17.0 Å². The normalized spacial score (nSPS) is 13.8. The fourth-order valence-electron chi connectivity index (χ4n) is 2.06. The summed E-state index contributed by atoms with van der Waals surface area (Å²) in [4.78, 5) is 0. The van der Waals surface area contributed by atoms with Crippen molar-refractivity contribution >= 4 is 22.5 Å². The number of aromatic nitrogens is 1. The van der Waals surface area contributed by atoms with Crippen molar-refractivity contribution in [2.45, 2.75) is 13.0 Å². The molecular formula is C12H11BrClNO. The first-order valence-electron chi connectivity index (χ1n) is 5.10. The van der Waals surface area contributed by atoms with Gasteiger partial charge in [0.2, 0.25) is 0 Å². The molecule has 1 aliphatic heterocycles. The van der Waals surface area contributed by atoms with Crippen molar-refractivity contribution in [3.8, 4) is 5.75 Å². The van der Waals surface area contributed by atoms with Crippen LogP contribution in [0.3, 0.4) is 0 Å². The average molecular weight is 301 g/mol. The summed E-state index contributed by atoms with van der Waals surface area (Å²) < 4.78 is 7.91. The first kappa shape index (κ1) is 11.7. The van der Waals surface area contributed by atoms with Crippen LogP contribution < -0.4 is 26.3 Å². The third kappa shape index (κ3) is 1.78. The van der Waals surface area contributed by atoms with Gasteiger partial charge in [-0.25, -0.2) is 0 Å². The number of ether oxygens (including phenoxy) is 1. The van der Waals surface area contributed by atoms with Crippen molar-refractivity contribution in [1.82, 2.24) is 0 Å². The molecule has 0 saturated carbocycles. The SMILES string of the molecule is Clc1ccc2c3c1ccc[n+]3CCCO2.[Br-]. The lowest BCUT2D eigenvalue weighted by Gasteiger charge is -2.03. The van der Waals surface area contributed by atoms with E-state index in [1.165, 1.54) is 0 Å². The molecule has 2 heterocycles. The van der Waals surface area contributed by atoms with Gasteiger partial charge in [0.1, 0.15) is 0 Å². The second-order valence-electron chi connectivity index (χ2n) is 3.71. The molecule has 0 fully saturated rings. The molecular weight excluding hydrogens is 289 g/mol. The second-order valence-corrected chi connectivity index (χ2v) is 4.12. The number of hydrogen-bond acceptors (Lipinski definition) is 1. The predicted molar refractivity (Wildman–Crippen MR) is 59.3 cm³/mol. The maximum atomic E-state index is 6.17. The maximum absolute atomic E-state index is 6.17. The molecule has 0 atom stereocenters. The second kappa shape index (κ2) is 4.60. The Balaban J connectivity index is 0.000000963. The van der Waals surface area contributed by atoms with E-state index >= 15 is 0 Å². The topological polar surface area (TPSA) is 13.1 Å². The lowest BCUT2D eigenvalue weighted by Crippen LogP contribution is -3.00. The van der Waals surface area contributed by atoms with Crippen LogP contribution in [0.25, 0.3) is 10.9 Å². The summed E-state index contributed by atoms with van der Waals surface area (Å²) in [7, 11) is 0. The summed E-state index contributed by atoms with van der Waals surface area (Å²) in [5, 5.41) is 1.85. The minimum atomic E-state index is 0. The molecule has 84 valence electrons. The van der Waals surface area contributed by atoms with Gasteiger partial charge in [0, 0.05) is 12.5 Å². The number of benzene rings is 1. The van der Waals surface area contributed by atoms with Gasteiger partial charge in [-0.3, -0.25) is 0 Å². The highest BCUT2D eigenvalue weighted by atomic mass is 79.9. The van der Waals surface area contributed by atoms with Crippen LogP contribution in [0.4, 0.5) is 0 Å². The summed E-state index contributed by atoms with van der Waals surface area (Å²) in [5.41, 5.74) is 1.11. The Labute approximate surface area is 110 Å². The van der Waals surface area contributed by atoms with Crippen molar-refractivity contribution in [3.63, 3.8) is 0 Å². The van der Waals surface area contributed by atoms with E-state index in [1.54, 1.807) is 0 Å². The largest absolute Gasteiger partial charge is 1.00 e. The highest BCUT2D eigenvalue weighted by Crippen LogP contribution is 2.29. The predicted octanol–water partition coefficient (Wildman–Crippen LogP) is -0.433. The number of pyridine rings is 1.